The average Bonchev–Trinajstić information content (AvgIpc) is 0.809. The van der Waals surface area contributed by atoms with Crippen LogP contribution in [-0.4, -0.2) is 62.6 Å². The first-order valence-corrected chi connectivity index (χ1v) is 33.7. The molecule has 14 nitrogen and oxygen atoms in total. The van der Waals surface area contributed by atoms with Crippen LogP contribution >= 0.6 is 0 Å². The van der Waals surface area contributed by atoms with Crippen LogP contribution in [0.5, 0.6) is 0 Å². The minimum absolute atomic E-state index is 0. The van der Waals surface area contributed by atoms with Crippen molar-refractivity contribution in [2.45, 2.75) is 226 Å². The Kier molecular flexibility index (Phi) is 39.4. The van der Waals surface area contributed by atoms with Gasteiger partial charge in [0.15, 0.2) is 0 Å². The molecule has 2 aromatic heterocycles. The maximum absolute atomic E-state index is 11.7. The van der Waals surface area contributed by atoms with Crippen molar-refractivity contribution >= 4 is 74.2 Å². The van der Waals surface area contributed by atoms with Crippen molar-refractivity contribution in [2.24, 2.45) is 35.5 Å². The number of carboxylic acids is 3. The van der Waals surface area contributed by atoms with Gasteiger partial charge in [-0.15, -0.1) is 0 Å². The van der Waals surface area contributed by atoms with E-state index in [9.17, 15) is 58.5 Å². The van der Waals surface area contributed by atoms with E-state index in [1.54, 1.807) is 20.8 Å². The Balaban J connectivity index is 0.000000589. The quantitative estimate of drug-likeness (QED) is 0.0367. The van der Waals surface area contributed by atoms with Crippen molar-refractivity contribution in [3.05, 3.63) is 131 Å². The van der Waals surface area contributed by atoms with Gasteiger partial charge in [-0.1, -0.05) is 161 Å². The van der Waals surface area contributed by atoms with Gasteiger partial charge < -0.3 is 29.7 Å². The summed E-state index contributed by atoms with van der Waals surface area (Å²) in [4.78, 5) is 111. The Morgan fingerprint density at radius 2 is 0.574 bits per heavy atom. The number of aliphatic carboxylic acids is 3. The van der Waals surface area contributed by atoms with Crippen LogP contribution in [-0.2, 0) is 63.3 Å². The number of carboxylic acid groups (broad SMARTS) is 3. The number of fused-ring (bicyclic) bond motifs is 2. The first kappa shape index (κ1) is 84.8. The largest absolute Gasteiger partial charge is 3.00 e. The van der Waals surface area contributed by atoms with Gasteiger partial charge in [0.05, 0.1) is 30.7 Å². The Bertz CT molecular complexity index is 3130. The maximum Gasteiger partial charge on any atom is 3.00 e. The van der Waals surface area contributed by atoms with E-state index in [4.69, 9.17) is 0 Å². The molecule has 0 saturated heterocycles. The zero-order valence-corrected chi connectivity index (χ0v) is 61.5. The second kappa shape index (κ2) is 43.7. The number of ketones is 6. The molecule has 6 rings (SSSR count). The molecule has 0 spiro atoms. The fourth-order valence-electron chi connectivity index (χ4n) is 11.5. The van der Waals surface area contributed by atoms with E-state index in [1.165, 1.54) is 66.1 Å². The van der Waals surface area contributed by atoms with Gasteiger partial charge in [-0.25, -0.2) is 0 Å². The second-order valence-corrected chi connectivity index (χ2v) is 25.3. The monoisotopic (exact) mass is 1470 g/mol. The first-order chi connectivity index (χ1) is 43.9. The van der Waals surface area contributed by atoms with E-state index in [2.05, 4.69) is 150 Å². The van der Waals surface area contributed by atoms with Gasteiger partial charge >= 0.3 is 20.1 Å². The van der Waals surface area contributed by atoms with Gasteiger partial charge in [-0.3, -0.25) is 38.7 Å². The molecule has 3 unspecified atom stereocenters. The maximum atomic E-state index is 11.7. The number of pyridine rings is 2. The number of carbonyl (C=O) groups is 9. The number of hydrogen-bond donors (Lipinski definition) is 0. The molecular formula is C79H105IrN2O12. The van der Waals surface area contributed by atoms with Crippen molar-refractivity contribution in [2.75, 3.05) is 0 Å². The van der Waals surface area contributed by atoms with E-state index < -0.39 is 35.7 Å². The van der Waals surface area contributed by atoms with E-state index in [0.717, 1.165) is 49.9 Å². The molecule has 0 bridgehead atoms. The number of rotatable bonds is 31. The molecule has 0 saturated carbocycles. The van der Waals surface area contributed by atoms with Crippen LogP contribution in [0, 0.1) is 63.2 Å². The molecule has 0 fully saturated rings. The molecule has 0 radical (unpaired) electrons. The van der Waals surface area contributed by atoms with Gasteiger partial charge in [0.2, 0.25) is 0 Å². The third kappa shape index (κ3) is 28.4. The molecule has 0 aliphatic heterocycles. The van der Waals surface area contributed by atoms with Crippen molar-refractivity contribution in [1.29, 1.82) is 0 Å². The summed E-state index contributed by atoms with van der Waals surface area (Å²) in [5.41, 5.74) is 12.4. The molecule has 0 N–H and O–H groups in total. The number of Topliss-reactive ketones (excluding diaryl/α,β-unsaturated/α-hetero) is 6. The van der Waals surface area contributed by atoms with Crippen molar-refractivity contribution in [3.8, 4) is 22.5 Å². The molecule has 94 heavy (non-hydrogen) atoms. The zero-order valence-electron chi connectivity index (χ0n) is 59.1. The van der Waals surface area contributed by atoms with Crippen LogP contribution < -0.4 is 15.3 Å². The molecular weight excluding hydrogens is 1360 g/mol. The Hall–Kier alpha value is -7.22. The average molecular weight is 1470 g/mol. The van der Waals surface area contributed by atoms with Crippen molar-refractivity contribution in [3.63, 3.8) is 0 Å². The van der Waals surface area contributed by atoms with Gasteiger partial charge in [-0.2, -0.15) is 0 Å². The molecule has 15 heteroatoms. The Morgan fingerprint density at radius 1 is 0.340 bits per heavy atom. The molecule has 512 valence electrons. The molecule has 0 amide bonds. The molecule has 3 atom stereocenters. The van der Waals surface area contributed by atoms with Crippen LogP contribution in [0.1, 0.15) is 232 Å². The Labute approximate surface area is 574 Å². The number of nitrogens with zero attached hydrogens (tertiary/aromatic N) is 2. The number of aromatic nitrogens is 2. The third-order valence-electron chi connectivity index (χ3n) is 17.4. The number of hydrogen-bond acceptors (Lipinski definition) is 14. The van der Waals surface area contributed by atoms with Crippen LogP contribution in [0.3, 0.4) is 0 Å². The summed E-state index contributed by atoms with van der Waals surface area (Å²) >= 11 is 0. The normalized spacial score (nSPS) is 11.8. The summed E-state index contributed by atoms with van der Waals surface area (Å²) in [5.74, 6) is -5.64. The summed E-state index contributed by atoms with van der Waals surface area (Å²) in [7, 11) is 0. The van der Waals surface area contributed by atoms with Gasteiger partial charge in [0.25, 0.3) is 0 Å². The topological polar surface area (TPSA) is 249 Å². The zero-order chi connectivity index (χ0) is 70.2. The molecule has 0 aliphatic carbocycles. The fourth-order valence-corrected chi connectivity index (χ4v) is 11.5. The number of aryl methyl sites for hydroxylation is 4. The van der Waals surface area contributed by atoms with Gasteiger partial charge in [0.1, 0.15) is 34.7 Å². The van der Waals surface area contributed by atoms with Crippen LogP contribution in [0.25, 0.3) is 44.1 Å². The number of benzene rings is 4. The minimum atomic E-state index is -1.24. The summed E-state index contributed by atoms with van der Waals surface area (Å²) in [6.45, 7) is 34.2. The molecule has 2 heterocycles. The van der Waals surface area contributed by atoms with E-state index >= 15 is 0 Å². The van der Waals surface area contributed by atoms with Gasteiger partial charge in [0, 0.05) is 87.7 Å². The standard InChI is InChI=1S/2C20H21N.3C13H22O4.Ir/c2*1-13(2)16-5-6-19-17(12-16)7-8-21-20(19)18-10-14(3)9-15(4)11-18;3*1-4-9(5-2)11(14)8-12(15)10(6-3)7-13(16)17;/h2*5-13H,1-4H3;3*9-10H,4-8H2,1-3H3,(H,16,17);/q;;;;;+3/p-3. The second-order valence-electron chi connectivity index (χ2n) is 25.3. The summed E-state index contributed by atoms with van der Waals surface area (Å²) in [6.07, 6.45) is 8.18. The predicted molar refractivity (Wildman–Crippen MR) is 368 cm³/mol. The van der Waals surface area contributed by atoms with E-state index in [-0.39, 0.29) is 111 Å². The summed E-state index contributed by atoms with van der Waals surface area (Å²) in [6, 6.07) is 30.9. The van der Waals surface area contributed by atoms with Crippen LogP contribution in [0.15, 0.2) is 97.3 Å². The smallest absolute Gasteiger partial charge is 0.550 e. The third-order valence-corrected chi connectivity index (χ3v) is 17.4. The van der Waals surface area contributed by atoms with Crippen LogP contribution in [0.4, 0.5) is 0 Å². The predicted octanol–water partition coefficient (Wildman–Crippen LogP) is 14.6. The molecule has 0 aliphatic rings. The Morgan fingerprint density at radius 3 is 0.787 bits per heavy atom. The van der Waals surface area contributed by atoms with Gasteiger partial charge in [-0.05, 0) is 175 Å². The SMILES string of the molecule is CCC(CC)C(=O)CC(=O)C(CC)CC(=O)[O-].CCC(CC)C(=O)CC(=O)C(CC)CC(=O)[O-].CCC(CC)C(=O)CC(=O)C(CC)CC(=O)[O-].Cc1cc(C)cc(-c2nccc3cc(C(C)C)ccc23)c1.Cc1cc(C)cc(-c2nccc3cc(C(C)C)ccc23)c1.[Ir+3]. The van der Waals surface area contributed by atoms with E-state index in [1.807, 2.05) is 53.9 Å². The van der Waals surface area contributed by atoms with Crippen LogP contribution in [0.2, 0.25) is 0 Å². The van der Waals surface area contributed by atoms with Crippen molar-refractivity contribution in [1.82, 2.24) is 9.97 Å². The molecule has 6 aromatic rings. The summed E-state index contributed by atoms with van der Waals surface area (Å²) in [5, 5.41) is 36.4. The minimum Gasteiger partial charge on any atom is -0.550 e. The number of carbonyl (C=O) groups excluding carboxylic acids is 9. The first-order valence-electron chi connectivity index (χ1n) is 33.7. The molecule has 4 aromatic carbocycles. The fraction of sp³-hybridized carbons (Fsp3) is 0.506. The van der Waals surface area contributed by atoms with E-state index in [0.29, 0.717) is 31.1 Å². The van der Waals surface area contributed by atoms with Crippen molar-refractivity contribution < 1.29 is 78.6 Å². The summed E-state index contributed by atoms with van der Waals surface area (Å²) < 4.78 is 0.